The van der Waals surface area contributed by atoms with E-state index in [1.54, 1.807) is 19.3 Å². The lowest BCUT2D eigenvalue weighted by Crippen LogP contribution is -2.69. The van der Waals surface area contributed by atoms with Gasteiger partial charge in [-0.1, -0.05) is 34.3 Å². The maximum Gasteiger partial charge on any atom is 0.309 e. The third kappa shape index (κ3) is 4.14. The molecule has 5 aliphatic rings. The average molecular weight is 615 g/mol. The van der Waals surface area contributed by atoms with Gasteiger partial charge in [0, 0.05) is 36.5 Å². The van der Waals surface area contributed by atoms with E-state index in [-0.39, 0.29) is 38.2 Å². The van der Waals surface area contributed by atoms with E-state index in [2.05, 4.69) is 6.58 Å². The SMILES string of the molecule is C=C1C2C(OC3CC(=O)OC4(C)COC(=O)CC4C32C)C(OC(=O)CC(C)C)C2(C)C(c3ccoc3)CC(OC(C)=O)C12O. The van der Waals surface area contributed by atoms with Gasteiger partial charge in [-0.3, -0.25) is 19.2 Å². The average Bonchev–Trinajstić information content (AvgIpc) is 3.59. The van der Waals surface area contributed by atoms with Gasteiger partial charge in [-0.15, -0.1) is 0 Å². The zero-order valence-electron chi connectivity index (χ0n) is 26.1. The number of ether oxygens (including phenoxy) is 5. The molecule has 4 heterocycles. The number of aliphatic hydroxyl groups is 1. The van der Waals surface area contributed by atoms with Crippen LogP contribution in [-0.2, 0) is 42.9 Å². The number of carbonyl (C=O) groups excluding carboxylic acids is 4. The van der Waals surface area contributed by atoms with Gasteiger partial charge < -0.3 is 33.2 Å². The fourth-order valence-corrected chi connectivity index (χ4v) is 9.49. The molecule has 5 fully saturated rings. The van der Waals surface area contributed by atoms with Gasteiger partial charge in [0.1, 0.15) is 36.1 Å². The van der Waals surface area contributed by atoms with Gasteiger partial charge in [0.15, 0.2) is 0 Å². The highest BCUT2D eigenvalue weighted by Crippen LogP contribution is 2.72. The Morgan fingerprint density at radius 3 is 2.50 bits per heavy atom. The molecular formula is C33H42O11. The van der Waals surface area contributed by atoms with Crippen LogP contribution in [0.3, 0.4) is 0 Å². The smallest absolute Gasteiger partial charge is 0.309 e. The lowest BCUT2D eigenvalue weighted by molar-refractivity contribution is -0.225. The minimum Gasteiger partial charge on any atom is -0.472 e. The largest absolute Gasteiger partial charge is 0.472 e. The Hall–Kier alpha value is -3.18. The van der Waals surface area contributed by atoms with E-state index in [4.69, 9.17) is 28.1 Å². The van der Waals surface area contributed by atoms with E-state index in [0.29, 0.717) is 5.57 Å². The summed E-state index contributed by atoms with van der Waals surface area (Å²) in [4.78, 5) is 51.9. The zero-order chi connectivity index (χ0) is 32.0. The first-order chi connectivity index (χ1) is 20.6. The number of cyclic esters (lactones) is 1. The molecule has 11 atom stereocenters. The Balaban J connectivity index is 1.56. The van der Waals surface area contributed by atoms with Crippen molar-refractivity contribution in [3.63, 3.8) is 0 Å². The highest BCUT2D eigenvalue weighted by Gasteiger charge is 2.80. The van der Waals surface area contributed by atoms with Crippen molar-refractivity contribution in [1.82, 2.24) is 0 Å². The summed E-state index contributed by atoms with van der Waals surface area (Å²) in [5, 5.41) is 13.1. The van der Waals surface area contributed by atoms with Gasteiger partial charge in [-0.05, 0) is 36.5 Å². The van der Waals surface area contributed by atoms with Crippen LogP contribution in [0.4, 0.5) is 0 Å². The first kappa shape index (κ1) is 30.8. The molecule has 1 aromatic rings. The molecule has 11 unspecified atom stereocenters. The zero-order valence-corrected chi connectivity index (χ0v) is 26.1. The van der Waals surface area contributed by atoms with Crippen molar-refractivity contribution >= 4 is 23.9 Å². The number of fused-ring (bicyclic) bond motifs is 6. The van der Waals surface area contributed by atoms with Crippen LogP contribution in [0.5, 0.6) is 0 Å². The first-order valence-corrected chi connectivity index (χ1v) is 15.4. The molecule has 1 N–H and O–H groups in total. The van der Waals surface area contributed by atoms with Crippen LogP contribution < -0.4 is 0 Å². The van der Waals surface area contributed by atoms with Crippen LogP contribution >= 0.6 is 0 Å². The fourth-order valence-electron chi connectivity index (χ4n) is 9.49. The van der Waals surface area contributed by atoms with E-state index in [1.807, 2.05) is 27.7 Å². The topological polar surface area (TPSA) is 148 Å². The molecule has 3 aliphatic heterocycles. The minimum atomic E-state index is -1.89. The monoisotopic (exact) mass is 614 g/mol. The number of carbonyl (C=O) groups is 4. The Morgan fingerprint density at radius 1 is 1.14 bits per heavy atom. The van der Waals surface area contributed by atoms with Gasteiger partial charge in [0.25, 0.3) is 0 Å². The maximum absolute atomic E-state index is 13.5. The molecule has 0 bridgehead atoms. The predicted molar refractivity (Wildman–Crippen MR) is 152 cm³/mol. The summed E-state index contributed by atoms with van der Waals surface area (Å²) < 4.78 is 35.8. The third-order valence-electron chi connectivity index (χ3n) is 11.4. The number of hydrogen-bond acceptors (Lipinski definition) is 11. The minimum absolute atomic E-state index is 0.00224. The van der Waals surface area contributed by atoms with E-state index >= 15 is 0 Å². The quantitative estimate of drug-likeness (QED) is 0.295. The molecule has 11 heteroatoms. The lowest BCUT2D eigenvalue weighted by atomic mass is 9.48. The summed E-state index contributed by atoms with van der Waals surface area (Å²) in [7, 11) is 0. The van der Waals surface area contributed by atoms with Crippen molar-refractivity contribution in [2.75, 3.05) is 6.61 Å². The van der Waals surface area contributed by atoms with E-state index in [1.165, 1.54) is 13.2 Å². The summed E-state index contributed by atoms with van der Waals surface area (Å²) >= 11 is 0. The van der Waals surface area contributed by atoms with Crippen LogP contribution in [0, 0.1) is 28.6 Å². The van der Waals surface area contributed by atoms with E-state index < -0.39 is 88.1 Å². The summed E-state index contributed by atoms with van der Waals surface area (Å²) in [5.74, 6) is -3.75. The first-order valence-electron chi connectivity index (χ1n) is 15.4. The van der Waals surface area contributed by atoms with E-state index in [9.17, 15) is 24.3 Å². The Morgan fingerprint density at radius 2 is 1.86 bits per heavy atom. The van der Waals surface area contributed by atoms with Gasteiger partial charge in [0.05, 0.1) is 36.9 Å². The van der Waals surface area contributed by atoms with Gasteiger partial charge >= 0.3 is 23.9 Å². The molecule has 1 aromatic heterocycles. The number of rotatable bonds is 5. The van der Waals surface area contributed by atoms with E-state index in [0.717, 1.165) is 5.56 Å². The van der Waals surface area contributed by atoms with Crippen molar-refractivity contribution in [1.29, 1.82) is 0 Å². The molecule has 0 radical (unpaired) electrons. The second-order valence-electron chi connectivity index (χ2n) is 14.4. The van der Waals surface area contributed by atoms with Crippen LogP contribution in [0.15, 0.2) is 35.2 Å². The Kier molecular flexibility index (Phi) is 7.12. The predicted octanol–water partition coefficient (Wildman–Crippen LogP) is 3.62. The molecule has 2 aliphatic carbocycles. The second kappa shape index (κ2) is 10.2. The highest BCUT2D eigenvalue weighted by molar-refractivity contribution is 5.75. The highest BCUT2D eigenvalue weighted by atomic mass is 16.6. The normalized spacial score (nSPS) is 44.5. The standard InChI is InChI=1S/C33H42O11/c1-16(2)10-25(36)43-29-28-27(31(6)21-12-24(35)40-15-30(21,5)44-26(37)13-22(31)42-28)17(3)33(38)23(41-18(4)34)11-20(32(29,33)7)19-8-9-39-14-19/h8-9,14,16,20-23,27-29,38H,3,10-13,15H2,1-2,4-7H3. The molecule has 11 nitrogen and oxygen atoms in total. The molecule has 6 rings (SSSR count). The van der Waals surface area contributed by atoms with Crippen molar-refractivity contribution in [2.45, 2.75) is 109 Å². The third-order valence-corrected chi connectivity index (χ3v) is 11.4. The van der Waals surface area contributed by atoms with Gasteiger partial charge in [-0.2, -0.15) is 0 Å². The molecule has 0 amide bonds. The molecule has 3 saturated heterocycles. The summed E-state index contributed by atoms with van der Waals surface area (Å²) in [5.41, 5.74) is -4.26. The number of furan rings is 1. The number of esters is 4. The molecule has 0 aromatic carbocycles. The van der Waals surface area contributed by atoms with Crippen molar-refractivity contribution in [3.05, 3.63) is 36.3 Å². The second-order valence-corrected chi connectivity index (χ2v) is 14.4. The Bertz CT molecular complexity index is 1380. The fraction of sp³-hybridized carbons (Fsp3) is 0.697. The molecule has 44 heavy (non-hydrogen) atoms. The van der Waals surface area contributed by atoms with Gasteiger partial charge in [-0.25, -0.2) is 0 Å². The summed E-state index contributed by atoms with van der Waals surface area (Å²) in [6, 6.07) is 1.78. The van der Waals surface area contributed by atoms with Crippen molar-refractivity contribution < 1.29 is 52.4 Å². The molecular weight excluding hydrogens is 572 g/mol. The summed E-state index contributed by atoms with van der Waals surface area (Å²) in [6.45, 7) is 15.0. The maximum atomic E-state index is 13.5. The Labute approximate surface area is 256 Å². The van der Waals surface area contributed by atoms with Gasteiger partial charge in [0.2, 0.25) is 0 Å². The molecule has 0 spiro atoms. The van der Waals surface area contributed by atoms with Crippen LogP contribution in [0.25, 0.3) is 0 Å². The van der Waals surface area contributed by atoms with Crippen molar-refractivity contribution in [3.8, 4) is 0 Å². The summed E-state index contributed by atoms with van der Waals surface area (Å²) in [6.07, 6.45) is -0.401. The number of hydrogen-bond donors (Lipinski definition) is 1. The van der Waals surface area contributed by atoms with Crippen molar-refractivity contribution in [2.24, 2.45) is 28.6 Å². The van der Waals surface area contributed by atoms with Crippen LogP contribution in [0.1, 0.15) is 78.7 Å². The van der Waals surface area contributed by atoms with Crippen LogP contribution in [0.2, 0.25) is 0 Å². The molecule has 240 valence electrons. The molecule has 2 saturated carbocycles. The lowest BCUT2D eigenvalue weighted by Gasteiger charge is -2.59. The van der Waals surface area contributed by atoms with Crippen LogP contribution in [-0.4, -0.2) is 71.2 Å².